The van der Waals surface area contributed by atoms with E-state index in [0.29, 0.717) is 6.54 Å². The van der Waals surface area contributed by atoms with Crippen LogP contribution in [0.25, 0.3) is 0 Å². The normalized spacial score (nSPS) is 23.5. The molecule has 2 amide bonds. The molecule has 2 heterocycles. The molecule has 4 nitrogen and oxygen atoms in total. The van der Waals surface area contributed by atoms with Gasteiger partial charge in [0.25, 0.3) is 0 Å². The second kappa shape index (κ2) is 3.33. The van der Waals surface area contributed by atoms with Crippen LogP contribution in [0, 0.1) is 0 Å². The lowest BCUT2D eigenvalue weighted by Crippen LogP contribution is -2.55. The summed E-state index contributed by atoms with van der Waals surface area (Å²) in [5.41, 5.74) is 2.15. The number of hydrogen-bond donors (Lipinski definition) is 1. The van der Waals surface area contributed by atoms with Gasteiger partial charge in [0.2, 0.25) is 11.8 Å². The van der Waals surface area contributed by atoms with E-state index in [1.165, 1.54) is 5.56 Å². The topological polar surface area (TPSA) is 49.4 Å². The van der Waals surface area contributed by atoms with Crippen LogP contribution < -0.4 is 5.32 Å². The van der Waals surface area contributed by atoms with Crippen LogP contribution in [0.1, 0.15) is 17.2 Å². The first-order chi connectivity index (χ1) is 7.77. The van der Waals surface area contributed by atoms with E-state index >= 15 is 0 Å². The largest absolute Gasteiger partial charge is 0.345 e. The van der Waals surface area contributed by atoms with Gasteiger partial charge in [-0.15, -0.1) is 0 Å². The second-order valence-corrected chi connectivity index (χ2v) is 4.16. The van der Waals surface area contributed by atoms with Gasteiger partial charge in [-0.2, -0.15) is 0 Å². The minimum absolute atomic E-state index is 0.0131. The van der Waals surface area contributed by atoms with Crippen molar-refractivity contribution < 1.29 is 9.59 Å². The smallest absolute Gasteiger partial charge is 0.247 e. The SMILES string of the molecule is O=C1NCC(=O)N2CCc3ccccc3[C@@H]12. The Morgan fingerprint density at radius 2 is 2.06 bits per heavy atom. The molecule has 3 rings (SSSR count). The van der Waals surface area contributed by atoms with Crippen molar-refractivity contribution >= 4 is 11.8 Å². The number of carbonyl (C=O) groups is 2. The molecule has 0 bridgehead atoms. The number of carbonyl (C=O) groups excluding carboxylic acids is 2. The first-order valence-corrected chi connectivity index (χ1v) is 5.42. The molecule has 2 aliphatic rings. The average Bonchev–Trinajstić information content (AvgIpc) is 2.33. The third-order valence-corrected chi connectivity index (χ3v) is 3.27. The number of nitrogens with zero attached hydrogens (tertiary/aromatic N) is 1. The summed E-state index contributed by atoms with van der Waals surface area (Å²) in [6, 6.07) is 7.43. The maximum Gasteiger partial charge on any atom is 0.247 e. The number of fused-ring (bicyclic) bond motifs is 3. The highest BCUT2D eigenvalue weighted by molar-refractivity contribution is 5.96. The molecule has 0 aliphatic carbocycles. The first kappa shape index (κ1) is 9.39. The summed E-state index contributed by atoms with van der Waals surface area (Å²) >= 11 is 0. The van der Waals surface area contributed by atoms with Gasteiger partial charge in [-0.25, -0.2) is 0 Å². The lowest BCUT2D eigenvalue weighted by molar-refractivity contribution is -0.146. The number of piperazine rings is 1. The Balaban J connectivity index is 2.09. The number of nitrogens with one attached hydrogen (secondary N) is 1. The molecule has 1 fully saturated rings. The van der Waals surface area contributed by atoms with E-state index in [-0.39, 0.29) is 18.4 Å². The van der Waals surface area contributed by atoms with Crippen LogP contribution in [0.2, 0.25) is 0 Å². The van der Waals surface area contributed by atoms with Crippen LogP contribution in [0.4, 0.5) is 0 Å². The standard InChI is InChI=1S/C12H12N2O2/c15-10-7-13-12(16)11-9-4-2-1-3-8(9)5-6-14(10)11/h1-4,11H,5-7H2,(H,13,16)/t11-/m0/s1. The van der Waals surface area contributed by atoms with Crippen molar-refractivity contribution in [3.8, 4) is 0 Å². The molecule has 16 heavy (non-hydrogen) atoms. The molecule has 2 aliphatic heterocycles. The highest BCUT2D eigenvalue weighted by Crippen LogP contribution is 2.31. The Morgan fingerprint density at radius 3 is 2.94 bits per heavy atom. The molecule has 1 aromatic carbocycles. The maximum absolute atomic E-state index is 11.8. The van der Waals surface area contributed by atoms with Gasteiger partial charge in [0.1, 0.15) is 6.04 Å². The summed E-state index contributed by atoms with van der Waals surface area (Å²) in [6.45, 7) is 0.783. The summed E-state index contributed by atoms with van der Waals surface area (Å²) in [5.74, 6) is -0.0501. The predicted octanol–water partition coefficient (Wildman–Crippen LogP) is 0.242. The van der Waals surface area contributed by atoms with Crippen LogP contribution in [0.3, 0.4) is 0 Å². The van der Waals surface area contributed by atoms with E-state index in [2.05, 4.69) is 5.32 Å². The Bertz CT molecular complexity index is 470. The number of amides is 2. The van der Waals surface area contributed by atoms with Crippen LogP contribution in [0.15, 0.2) is 24.3 Å². The van der Waals surface area contributed by atoms with Crippen molar-refractivity contribution in [1.82, 2.24) is 10.2 Å². The summed E-state index contributed by atoms with van der Waals surface area (Å²) in [4.78, 5) is 25.2. The number of hydrogen-bond acceptors (Lipinski definition) is 2. The maximum atomic E-state index is 11.8. The fourth-order valence-electron chi connectivity index (χ4n) is 2.48. The van der Waals surface area contributed by atoms with Gasteiger partial charge >= 0.3 is 0 Å². The van der Waals surface area contributed by atoms with Crippen molar-refractivity contribution in [2.45, 2.75) is 12.5 Å². The van der Waals surface area contributed by atoms with Crippen molar-refractivity contribution in [2.75, 3.05) is 13.1 Å². The lowest BCUT2D eigenvalue weighted by atomic mass is 9.91. The van der Waals surface area contributed by atoms with Crippen LogP contribution in [0.5, 0.6) is 0 Å². The van der Waals surface area contributed by atoms with Gasteiger partial charge in [0, 0.05) is 6.54 Å². The Labute approximate surface area is 93.2 Å². The molecule has 4 heteroatoms. The molecule has 82 valence electrons. The molecule has 1 aromatic rings. The molecule has 1 saturated heterocycles. The fourth-order valence-corrected chi connectivity index (χ4v) is 2.48. The van der Waals surface area contributed by atoms with E-state index in [1.54, 1.807) is 4.90 Å². The monoisotopic (exact) mass is 216 g/mol. The molecule has 0 radical (unpaired) electrons. The van der Waals surface area contributed by atoms with Crippen LogP contribution in [-0.4, -0.2) is 29.8 Å². The van der Waals surface area contributed by atoms with Gasteiger partial charge in [0.15, 0.2) is 0 Å². The first-order valence-electron chi connectivity index (χ1n) is 5.42. The average molecular weight is 216 g/mol. The molecule has 0 spiro atoms. The predicted molar refractivity (Wildman–Crippen MR) is 57.6 cm³/mol. The van der Waals surface area contributed by atoms with E-state index in [1.807, 2.05) is 24.3 Å². The fraction of sp³-hybridized carbons (Fsp3) is 0.333. The zero-order valence-electron chi connectivity index (χ0n) is 8.77. The van der Waals surface area contributed by atoms with Gasteiger partial charge in [-0.1, -0.05) is 24.3 Å². The van der Waals surface area contributed by atoms with Gasteiger partial charge in [-0.3, -0.25) is 9.59 Å². The summed E-state index contributed by atoms with van der Waals surface area (Å²) in [6.07, 6.45) is 0.839. The third kappa shape index (κ3) is 1.23. The second-order valence-electron chi connectivity index (χ2n) is 4.16. The third-order valence-electron chi connectivity index (χ3n) is 3.27. The molecule has 0 aromatic heterocycles. The molecular formula is C12H12N2O2. The molecule has 0 saturated carbocycles. The minimum atomic E-state index is -0.411. The van der Waals surface area contributed by atoms with Crippen molar-refractivity contribution in [1.29, 1.82) is 0 Å². The van der Waals surface area contributed by atoms with Crippen molar-refractivity contribution in [3.05, 3.63) is 35.4 Å². The summed E-state index contributed by atoms with van der Waals surface area (Å²) in [5, 5.41) is 2.64. The minimum Gasteiger partial charge on any atom is -0.345 e. The Kier molecular flexibility index (Phi) is 1.96. The highest BCUT2D eigenvalue weighted by atomic mass is 16.2. The number of rotatable bonds is 0. The van der Waals surface area contributed by atoms with Crippen LogP contribution in [-0.2, 0) is 16.0 Å². The van der Waals surface area contributed by atoms with Gasteiger partial charge in [0.05, 0.1) is 6.54 Å². The summed E-state index contributed by atoms with van der Waals surface area (Å²) < 4.78 is 0. The van der Waals surface area contributed by atoms with Crippen molar-refractivity contribution in [3.63, 3.8) is 0 Å². The van der Waals surface area contributed by atoms with Gasteiger partial charge < -0.3 is 10.2 Å². The van der Waals surface area contributed by atoms with E-state index in [0.717, 1.165) is 12.0 Å². The Morgan fingerprint density at radius 1 is 1.25 bits per heavy atom. The Hall–Kier alpha value is -1.84. The molecule has 0 unspecified atom stereocenters. The van der Waals surface area contributed by atoms with E-state index in [4.69, 9.17) is 0 Å². The van der Waals surface area contributed by atoms with Crippen LogP contribution >= 0.6 is 0 Å². The molecule has 1 atom stereocenters. The molecular weight excluding hydrogens is 204 g/mol. The zero-order chi connectivity index (χ0) is 11.1. The molecule has 1 N–H and O–H groups in total. The number of benzene rings is 1. The van der Waals surface area contributed by atoms with Gasteiger partial charge in [-0.05, 0) is 17.5 Å². The zero-order valence-corrected chi connectivity index (χ0v) is 8.77. The van der Waals surface area contributed by atoms with E-state index < -0.39 is 6.04 Å². The highest BCUT2D eigenvalue weighted by Gasteiger charge is 2.38. The lowest BCUT2D eigenvalue weighted by Gasteiger charge is -2.39. The summed E-state index contributed by atoms with van der Waals surface area (Å²) in [7, 11) is 0. The quantitative estimate of drug-likeness (QED) is 0.675. The van der Waals surface area contributed by atoms with Crippen molar-refractivity contribution in [2.24, 2.45) is 0 Å². The van der Waals surface area contributed by atoms with E-state index in [9.17, 15) is 9.59 Å².